The molecule has 4 rings (SSSR count). The van der Waals surface area contributed by atoms with Gasteiger partial charge in [0.2, 0.25) is 0 Å². The van der Waals surface area contributed by atoms with Gasteiger partial charge < -0.3 is 14.6 Å². The van der Waals surface area contributed by atoms with E-state index in [0.717, 1.165) is 25.4 Å². The van der Waals surface area contributed by atoms with Crippen molar-refractivity contribution in [2.45, 2.75) is 26.6 Å². The van der Waals surface area contributed by atoms with Crippen molar-refractivity contribution < 1.29 is 4.74 Å². The highest BCUT2D eigenvalue weighted by Gasteiger charge is 2.09. The van der Waals surface area contributed by atoms with E-state index in [9.17, 15) is 0 Å². The molecule has 0 bridgehead atoms. The smallest absolute Gasteiger partial charge is 0.118 e. The zero-order chi connectivity index (χ0) is 19.3. The van der Waals surface area contributed by atoms with E-state index in [1.807, 2.05) is 12.1 Å². The van der Waals surface area contributed by atoms with Gasteiger partial charge in [0.25, 0.3) is 0 Å². The van der Waals surface area contributed by atoms with Gasteiger partial charge in [0, 0.05) is 36.7 Å². The van der Waals surface area contributed by atoms with Gasteiger partial charge in [-0.3, -0.25) is 0 Å². The summed E-state index contributed by atoms with van der Waals surface area (Å²) in [6, 6.07) is 25.5. The first-order valence-electron chi connectivity index (χ1n) is 9.69. The predicted octanol–water partition coefficient (Wildman–Crippen LogP) is 5.30. The van der Waals surface area contributed by atoms with Crippen molar-refractivity contribution in [3.63, 3.8) is 0 Å². The Labute approximate surface area is 166 Å². The Bertz CT molecular complexity index is 1060. The molecule has 0 unspecified atom stereocenters. The van der Waals surface area contributed by atoms with Crippen molar-refractivity contribution in [3.8, 4) is 5.75 Å². The van der Waals surface area contributed by atoms with Crippen LogP contribution in [0.3, 0.4) is 0 Å². The molecule has 28 heavy (non-hydrogen) atoms. The molecule has 0 radical (unpaired) electrons. The molecule has 3 heteroatoms. The molecule has 0 fully saturated rings. The van der Waals surface area contributed by atoms with Crippen molar-refractivity contribution in [2.75, 3.05) is 7.11 Å². The lowest BCUT2D eigenvalue weighted by Crippen LogP contribution is -2.12. The number of hydrogen-bond acceptors (Lipinski definition) is 2. The van der Waals surface area contributed by atoms with Crippen molar-refractivity contribution in [2.24, 2.45) is 0 Å². The van der Waals surface area contributed by atoms with Crippen molar-refractivity contribution in [3.05, 3.63) is 101 Å². The lowest BCUT2D eigenvalue weighted by atomic mass is 10.1. The van der Waals surface area contributed by atoms with E-state index in [-0.39, 0.29) is 0 Å². The molecule has 0 saturated heterocycles. The maximum absolute atomic E-state index is 5.23. The summed E-state index contributed by atoms with van der Waals surface area (Å²) >= 11 is 0. The van der Waals surface area contributed by atoms with E-state index in [4.69, 9.17) is 4.74 Å². The molecule has 0 spiro atoms. The van der Waals surface area contributed by atoms with E-state index < -0.39 is 0 Å². The zero-order valence-electron chi connectivity index (χ0n) is 16.5. The summed E-state index contributed by atoms with van der Waals surface area (Å²) in [6.45, 7) is 4.75. The Morgan fingerprint density at radius 3 is 2.36 bits per heavy atom. The van der Waals surface area contributed by atoms with Gasteiger partial charge in [-0.05, 0) is 47.4 Å². The van der Waals surface area contributed by atoms with Crippen LogP contribution in [0.4, 0.5) is 0 Å². The van der Waals surface area contributed by atoms with Gasteiger partial charge in [0.1, 0.15) is 5.75 Å². The second kappa shape index (κ2) is 8.32. The average Bonchev–Trinajstić information content (AvgIpc) is 3.08. The first-order valence-corrected chi connectivity index (χ1v) is 9.69. The standard InChI is InChI=1S/C25H26N2O/c1-19-7-3-4-8-21(19)17-27-18-22(24-9-5-6-10-25(24)27)16-26-15-20-11-13-23(28-2)14-12-20/h3-14,18,26H,15-17H2,1-2H3. The van der Waals surface area contributed by atoms with E-state index in [2.05, 4.69) is 83.7 Å². The number of rotatable bonds is 7. The number of nitrogens with one attached hydrogen (secondary N) is 1. The first-order chi connectivity index (χ1) is 13.7. The normalized spacial score (nSPS) is 11.1. The van der Waals surface area contributed by atoms with Gasteiger partial charge in [0.05, 0.1) is 7.11 Å². The zero-order valence-corrected chi connectivity index (χ0v) is 16.5. The topological polar surface area (TPSA) is 26.2 Å². The van der Waals surface area contributed by atoms with Gasteiger partial charge in [-0.15, -0.1) is 0 Å². The van der Waals surface area contributed by atoms with Crippen LogP contribution in [0.2, 0.25) is 0 Å². The highest BCUT2D eigenvalue weighted by Crippen LogP contribution is 2.23. The number of benzene rings is 3. The molecule has 1 aromatic heterocycles. The predicted molar refractivity (Wildman–Crippen MR) is 116 cm³/mol. The molecule has 0 aliphatic carbocycles. The van der Waals surface area contributed by atoms with E-state index in [1.54, 1.807) is 7.11 Å². The van der Waals surface area contributed by atoms with Crippen molar-refractivity contribution in [1.29, 1.82) is 0 Å². The third kappa shape index (κ3) is 3.95. The van der Waals surface area contributed by atoms with Crippen LogP contribution in [0.15, 0.2) is 79.0 Å². The van der Waals surface area contributed by atoms with Crippen LogP contribution in [0.1, 0.15) is 22.3 Å². The summed E-state index contributed by atoms with van der Waals surface area (Å²) in [6.07, 6.45) is 2.29. The number of hydrogen-bond donors (Lipinski definition) is 1. The molecule has 0 saturated carbocycles. The number of nitrogens with zero attached hydrogens (tertiary/aromatic N) is 1. The lowest BCUT2D eigenvalue weighted by Gasteiger charge is -2.08. The van der Waals surface area contributed by atoms with Gasteiger partial charge in [-0.25, -0.2) is 0 Å². The van der Waals surface area contributed by atoms with Crippen molar-refractivity contribution >= 4 is 10.9 Å². The van der Waals surface area contributed by atoms with Crippen molar-refractivity contribution in [1.82, 2.24) is 9.88 Å². The van der Waals surface area contributed by atoms with E-state index >= 15 is 0 Å². The summed E-state index contributed by atoms with van der Waals surface area (Å²) in [7, 11) is 1.69. The lowest BCUT2D eigenvalue weighted by molar-refractivity contribution is 0.414. The summed E-state index contributed by atoms with van der Waals surface area (Å²) < 4.78 is 7.59. The quantitative estimate of drug-likeness (QED) is 0.478. The second-order valence-electron chi connectivity index (χ2n) is 7.18. The monoisotopic (exact) mass is 370 g/mol. The minimum Gasteiger partial charge on any atom is -0.497 e. The minimum atomic E-state index is 0.835. The fourth-order valence-electron chi connectivity index (χ4n) is 3.65. The molecule has 142 valence electrons. The van der Waals surface area contributed by atoms with Gasteiger partial charge in [-0.1, -0.05) is 54.6 Å². The third-order valence-electron chi connectivity index (χ3n) is 5.28. The molecule has 0 amide bonds. The fraction of sp³-hybridized carbons (Fsp3) is 0.200. The Morgan fingerprint density at radius 1 is 0.821 bits per heavy atom. The van der Waals surface area contributed by atoms with Crippen LogP contribution >= 0.6 is 0 Å². The van der Waals surface area contributed by atoms with E-state index in [0.29, 0.717) is 0 Å². The SMILES string of the molecule is COc1ccc(CNCc2cn(Cc3ccccc3C)c3ccccc23)cc1. The Balaban J connectivity index is 1.51. The Morgan fingerprint density at radius 2 is 1.57 bits per heavy atom. The number of aromatic nitrogens is 1. The molecule has 3 nitrogen and oxygen atoms in total. The number of fused-ring (bicyclic) bond motifs is 1. The Hall–Kier alpha value is -3.04. The fourth-order valence-corrected chi connectivity index (χ4v) is 3.65. The number of ether oxygens (including phenoxy) is 1. The maximum atomic E-state index is 5.23. The van der Waals surface area contributed by atoms with Gasteiger partial charge in [0.15, 0.2) is 0 Å². The molecular weight excluding hydrogens is 344 g/mol. The third-order valence-corrected chi connectivity index (χ3v) is 5.28. The van der Waals surface area contributed by atoms with Crippen LogP contribution in [-0.2, 0) is 19.6 Å². The molecule has 4 aromatic rings. The summed E-state index contributed by atoms with van der Waals surface area (Å²) in [4.78, 5) is 0. The van der Waals surface area contributed by atoms with E-state index in [1.165, 1.54) is 33.2 Å². The highest BCUT2D eigenvalue weighted by atomic mass is 16.5. The number of aryl methyl sites for hydroxylation is 1. The van der Waals surface area contributed by atoms with Crippen LogP contribution < -0.4 is 10.1 Å². The number of methoxy groups -OCH3 is 1. The van der Waals surface area contributed by atoms with Crippen LogP contribution in [0.5, 0.6) is 5.75 Å². The summed E-state index contributed by atoms with van der Waals surface area (Å²) in [5.74, 6) is 0.892. The van der Waals surface area contributed by atoms with Gasteiger partial charge >= 0.3 is 0 Å². The summed E-state index contributed by atoms with van der Waals surface area (Å²) in [5, 5.41) is 4.90. The molecule has 1 N–H and O–H groups in total. The molecule has 0 aliphatic heterocycles. The van der Waals surface area contributed by atoms with Crippen LogP contribution in [0.25, 0.3) is 10.9 Å². The summed E-state index contributed by atoms with van der Waals surface area (Å²) in [5.41, 5.74) is 6.56. The first kappa shape index (κ1) is 18.3. The minimum absolute atomic E-state index is 0.835. The molecular formula is C25H26N2O. The van der Waals surface area contributed by atoms with Crippen LogP contribution in [0, 0.1) is 6.92 Å². The second-order valence-corrected chi connectivity index (χ2v) is 7.18. The largest absolute Gasteiger partial charge is 0.497 e. The van der Waals surface area contributed by atoms with Gasteiger partial charge in [-0.2, -0.15) is 0 Å². The average molecular weight is 370 g/mol. The Kier molecular flexibility index (Phi) is 5.45. The maximum Gasteiger partial charge on any atom is 0.118 e. The molecule has 0 atom stereocenters. The number of para-hydroxylation sites is 1. The molecule has 3 aromatic carbocycles. The molecule has 1 heterocycles. The highest BCUT2D eigenvalue weighted by molar-refractivity contribution is 5.84. The molecule has 0 aliphatic rings. The van der Waals surface area contributed by atoms with Crippen LogP contribution in [-0.4, -0.2) is 11.7 Å².